The Morgan fingerprint density at radius 3 is 2.45 bits per heavy atom. The SMILES string of the molecule is CC(C)[C@H](N)C(=O)N1CCC(c2ccnn2C)CC1.Cl. The molecular weight excluding hydrogens is 276 g/mol. The number of amides is 1. The summed E-state index contributed by atoms with van der Waals surface area (Å²) in [5.74, 6) is 0.799. The summed E-state index contributed by atoms with van der Waals surface area (Å²) in [6, 6.07) is 1.70. The largest absolute Gasteiger partial charge is 0.341 e. The van der Waals surface area contributed by atoms with Gasteiger partial charge < -0.3 is 10.6 Å². The molecule has 0 spiro atoms. The van der Waals surface area contributed by atoms with Crippen molar-refractivity contribution >= 4 is 18.3 Å². The van der Waals surface area contributed by atoms with Crippen molar-refractivity contribution in [3.8, 4) is 0 Å². The average Bonchev–Trinajstić information content (AvgIpc) is 2.83. The van der Waals surface area contributed by atoms with Crippen LogP contribution in [0.4, 0.5) is 0 Å². The van der Waals surface area contributed by atoms with Crippen molar-refractivity contribution in [3.63, 3.8) is 0 Å². The summed E-state index contributed by atoms with van der Waals surface area (Å²) in [7, 11) is 1.97. The lowest BCUT2D eigenvalue weighted by Crippen LogP contribution is -2.49. The molecule has 1 fully saturated rings. The van der Waals surface area contributed by atoms with Gasteiger partial charge in [-0.1, -0.05) is 13.8 Å². The van der Waals surface area contributed by atoms with E-state index >= 15 is 0 Å². The molecule has 1 amide bonds. The third kappa shape index (κ3) is 3.52. The molecule has 1 atom stereocenters. The van der Waals surface area contributed by atoms with Crippen molar-refractivity contribution in [1.82, 2.24) is 14.7 Å². The van der Waals surface area contributed by atoms with Crippen molar-refractivity contribution < 1.29 is 4.79 Å². The molecule has 114 valence electrons. The van der Waals surface area contributed by atoms with Crippen LogP contribution in [0.1, 0.15) is 38.3 Å². The van der Waals surface area contributed by atoms with Crippen LogP contribution in [0.5, 0.6) is 0 Å². The van der Waals surface area contributed by atoms with Crippen LogP contribution in [0, 0.1) is 5.92 Å². The summed E-state index contributed by atoms with van der Waals surface area (Å²) >= 11 is 0. The van der Waals surface area contributed by atoms with Crippen LogP contribution in [-0.4, -0.2) is 39.7 Å². The third-order valence-electron chi connectivity index (χ3n) is 4.09. The molecule has 0 unspecified atom stereocenters. The zero-order valence-corrected chi connectivity index (χ0v) is 13.3. The molecule has 20 heavy (non-hydrogen) atoms. The lowest BCUT2D eigenvalue weighted by Gasteiger charge is -2.34. The van der Waals surface area contributed by atoms with E-state index in [9.17, 15) is 4.79 Å². The highest BCUT2D eigenvalue weighted by Crippen LogP contribution is 2.27. The van der Waals surface area contributed by atoms with E-state index in [2.05, 4.69) is 11.2 Å². The summed E-state index contributed by atoms with van der Waals surface area (Å²) in [5.41, 5.74) is 7.20. The minimum Gasteiger partial charge on any atom is -0.341 e. The summed E-state index contributed by atoms with van der Waals surface area (Å²) in [5, 5.41) is 4.21. The van der Waals surface area contributed by atoms with Gasteiger partial charge in [0.2, 0.25) is 5.91 Å². The van der Waals surface area contributed by atoms with E-state index < -0.39 is 0 Å². The number of hydrogen-bond donors (Lipinski definition) is 1. The molecular formula is C14H25ClN4O. The maximum absolute atomic E-state index is 12.2. The predicted octanol–water partition coefficient (Wildman–Crippen LogP) is 1.53. The van der Waals surface area contributed by atoms with Crippen molar-refractivity contribution in [2.75, 3.05) is 13.1 Å². The third-order valence-corrected chi connectivity index (χ3v) is 4.09. The number of piperidine rings is 1. The van der Waals surface area contributed by atoms with E-state index in [0.717, 1.165) is 25.9 Å². The highest BCUT2D eigenvalue weighted by atomic mass is 35.5. The summed E-state index contributed by atoms with van der Waals surface area (Å²) in [6.07, 6.45) is 3.83. The number of aryl methyl sites for hydroxylation is 1. The number of halogens is 1. The molecule has 0 radical (unpaired) electrons. The minimum atomic E-state index is -0.367. The smallest absolute Gasteiger partial charge is 0.239 e. The lowest BCUT2D eigenvalue weighted by molar-refractivity contribution is -0.134. The molecule has 1 saturated heterocycles. The van der Waals surface area contributed by atoms with Gasteiger partial charge in [-0.15, -0.1) is 12.4 Å². The molecule has 2 heterocycles. The Bertz CT molecular complexity index is 438. The first-order valence-electron chi connectivity index (χ1n) is 7.03. The van der Waals surface area contributed by atoms with Crippen LogP contribution in [0.2, 0.25) is 0 Å². The standard InChI is InChI=1S/C14H24N4O.ClH/c1-10(2)13(15)14(19)18-8-5-11(6-9-18)12-4-7-16-17(12)3;/h4,7,10-11,13H,5-6,8-9,15H2,1-3H3;1H/t13-;/m0./s1. The number of nitrogens with two attached hydrogens (primary N) is 1. The first-order valence-corrected chi connectivity index (χ1v) is 7.03. The van der Waals surface area contributed by atoms with E-state index in [0.29, 0.717) is 5.92 Å². The molecule has 1 aromatic rings. The van der Waals surface area contributed by atoms with Gasteiger partial charge in [-0.25, -0.2) is 0 Å². The Balaban J connectivity index is 0.00000200. The van der Waals surface area contributed by atoms with Gasteiger partial charge in [0.15, 0.2) is 0 Å². The topological polar surface area (TPSA) is 64.2 Å². The Kier molecular flexibility index (Phi) is 6.02. The first kappa shape index (κ1) is 17.0. The number of carbonyl (C=O) groups excluding carboxylic acids is 1. The second kappa shape index (κ2) is 7.09. The number of aromatic nitrogens is 2. The zero-order valence-electron chi connectivity index (χ0n) is 12.5. The molecule has 5 nitrogen and oxygen atoms in total. The fraction of sp³-hybridized carbons (Fsp3) is 0.714. The molecule has 6 heteroatoms. The fourth-order valence-electron chi connectivity index (χ4n) is 2.68. The molecule has 1 aromatic heterocycles. The van der Waals surface area contributed by atoms with Crippen LogP contribution in [-0.2, 0) is 11.8 Å². The maximum Gasteiger partial charge on any atom is 0.239 e. The molecule has 0 saturated carbocycles. The summed E-state index contributed by atoms with van der Waals surface area (Å²) < 4.78 is 1.93. The van der Waals surface area contributed by atoms with Crippen molar-refractivity contribution in [3.05, 3.63) is 18.0 Å². The summed E-state index contributed by atoms with van der Waals surface area (Å²) in [6.45, 7) is 5.58. The molecule has 1 aliphatic heterocycles. The molecule has 2 N–H and O–H groups in total. The Morgan fingerprint density at radius 2 is 2.00 bits per heavy atom. The van der Waals surface area contributed by atoms with E-state index in [1.807, 2.05) is 36.7 Å². The van der Waals surface area contributed by atoms with E-state index in [1.165, 1.54) is 5.69 Å². The molecule has 1 aliphatic rings. The highest BCUT2D eigenvalue weighted by molar-refractivity contribution is 5.85. The molecule has 0 bridgehead atoms. The van der Waals surface area contributed by atoms with Gasteiger partial charge in [-0.2, -0.15) is 5.10 Å². The Morgan fingerprint density at radius 1 is 1.40 bits per heavy atom. The van der Waals surface area contributed by atoms with Crippen molar-refractivity contribution in [1.29, 1.82) is 0 Å². The highest BCUT2D eigenvalue weighted by Gasteiger charge is 2.29. The van der Waals surface area contributed by atoms with Crippen LogP contribution in [0.15, 0.2) is 12.3 Å². The van der Waals surface area contributed by atoms with Crippen molar-refractivity contribution in [2.24, 2.45) is 18.7 Å². The second-order valence-corrected chi connectivity index (χ2v) is 5.75. The van der Waals surface area contributed by atoms with Gasteiger partial charge in [0, 0.05) is 37.9 Å². The zero-order chi connectivity index (χ0) is 14.0. The number of likely N-dealkylation sites (tertiary alicyclic amines) is 1. The lowest BCUT2D eigenvalue weighted by atomic mass is 9.92. The fourth-order valence-corrected chi connectivity index (χ4v) is 2.68. The van der Waals surface area contributed by atoms with E-state index in [4.69, 9.17) is 5.73 Å². The Hall–Kier alpha value is -1.07. The van der Waals surface area contributed by atoms with Crippen LogP contribution >= 0.6 is 12.4 Å². The normalized spacial score (nSPS) is 17.9. The van der Waals surface area contributed by atoms with Gasteiger partial charge in [-0.05, 0) is 24.8 Å². The van der Waals surface area contributed by atoms with Crippen LogP contribution < -0.4 is 5.73 Å². The number of nitrogens with zero attached hydrogens (tertiary/aromatic N) is 3. The molecule has 0 aromatic carbocycles. The van der Waals surface area contributed by atoms with Crippen LogP contribution in [0.25, 0.3) is 0 Å². The predicted molar refractivity (Wildman–Crippen MR) is 81.8 cm³/mol. The second-order valence-electron chi connectivity index (χ2n) is 5.75. The quantitative estimate of drug-likeness (QED) is 0.921. The van der Waals surface area contributed by atoms with E-state index in [1.54, 1.807) is 0 Å². The number of rotatable bonds is 3. The van der Waals surface area contributed by atoms with Gasteiger partial charge >= 0.3 is 0 Å². The van der Waals surface area contributed by atoms with Gasteiger partial charge in [-0.3, -0.25) is 9.48 Å². The molecule has 2 rings (SSSR count). The van der Waals surface area contributed by atoms with Gasteiger partial charge in [0.05, 0.1) is 6.04 Å². The van der Waals surface area contributed by atoms with E-state index in [-0.39, 0.29) is 30.3 Å². The van der Waals surface area contributed by atoms with Gasteiger partial charge in [0.25, 0.3) is 0 Å². The summed E-state index contributed by atoms with van der Waals surface area (Å²) in [4.78, 5) is 14.1. The van der Waals surface area contributed by atoms with Gasteiger partial charge in [0.1, 0.15) is 0 Å². The average molecular weight is 301 g/mol. The van der Waals surface area contributed by atoms with Crippen molar-refractivity contribution in [2.45, 2.75) is 38.6 Å². The molecule has 0 aliphatic carbocycles. The van der Waals surface area contributed by atoms with Crippen LogP contribution in [0.3, 0.4) is 0 Å². The number of carbonyl (C=O) groups is 1. The maximum atomic E-state index is 12.2. The minimum absolute atomic E-state index is 0. The number of hydrogen-bond acceptors (Lipinski definition) is 3. The first-order chi connectivity index (χ1) is 9.00. The monoisotopic (exact) mass is 300 g/mol. The Labute approximate surface area is 126 Å².